The van der Waals surface area contributed by atoms with Gasteiger partial charge in [0.1, 0.15) is 5.78 Å². The van der Waals surface area contributed by atoms with Crippen molar-refractivity contribution in [2.24, 2.45) is 213 Å². The molecule has 0 bridgehead atoms. The standard InChI is InChI=1S/C31H50N2O2S.C31H50O4.C30H49BrO3.C28H46N2O2S.2CH4.BHNS/c1-17(2)9-8-10-18(3)19-11-12-20-25-21(13-14-30(19,20)6)31(7)16-24-23(33-28(32)36-24)15-22(31)26-27(25)35-29(4,5)34-26;1-18(2)9-8-10-19(3)21-11-12-22-26-23(13-14-30(21,22)6)31(7)16-20(17-32)25(33)15-24(31)27-28(26)35-29(4,5)34-27;1-17(2)9-8-10-18(3)19-11-12-20-25-21(13-14-29(19,20)6)30(7)16-23(31)24(32)15-22(30)26-27(25)34-28(4,5)33-26;1-15(2)7-6-8-16(3)17-9-10-18-23-19(11-12-27(17,18)4)28(5)14-22-21(30-26(29)33-22)13-20(28)24(31)25(23)32;;;1-2-3/h17-22,25-27H,8-16H2,1-7H3,(H2,32,33);17-19,21-24,26-28,32H,8-16H2,1-7H3;17-23,25-27H,8-16H2,1-7H3;15-20,23-25,31-32H,6-14H2,1-5H3,(H2,29,30);2*1H4;3H/t18-,19-,20+,21+,22-,25+,26-,27-,30-,31-;19-,21-,22+,23+,24-,26+,27-,28-,30-,31-;18-,19-,20+,21+,22-,23?,25+,26-,27-,29-,30-;16-,17-,18+,19+,20-,23+,24-,25-,27-,28-;;;/m1111.../s1. The van der Waals surface area contributed by atoms with Crippen molar-refractivity contribution in [3.63, 3.8) is 0 Å². The van der Waals surface area contributed by atoms with E-state index in [4.69, 9.17) is 44.9 Å². The molecule has 21 rings (SSSR count). The Morgan fingerprint density at radius 2 is 0.671 bits per heavy atom. The van der Waals surface area contributed by atoms with Crippen LogP contribution in [0.1, 0.15) is 421 Å². The maximum absolute atomic E-state index is 12.9. The Balaban J connectivity index is 0.000000142. The van der Waals surface area contributed by atoms with Crippen molar-refractivity contribution in [3.8, 4) is 0 Å². The molecule has 0 amide bonds. The van der Waals surface area contributed by atoms with Crippen molar-refractivity contribution in [1.29, 1.82) is 0 Å². The predicted molar refractivity (Wildman–Crippen MR) is 594 cm³/mol. The van der Waals surface area contributed by atoms with Crippen LogP contribution in [-0.2, 0) is 63.7 Å². The molecule has 1 unspecified atom stereocenters. The van der Waals surface area contributed by atoms with E-state index in [2.05, 4.69) is 226 Å². The van der Waals surface area contributed by atoms with E-state index in [1.165, 1.54) is 195 Å². The van der Waals surface area contributed by atoms with E-state index in [0.717, 1.165) is 132 Å². The van der Waals surface area contributed by atoms with Gasteiger partial charge in [-0.3, -0.25) is 9.59 Å². The fourth-order valence-corrected chi connectivity index (χ4v) is 42.9. The number of hydrogen-bond donors (Lipinski definition) is 6. The van der Waals surface area contributed by atoms with E-state index in [9.17, 15) is 24.9 Å². The van der Waals surface area contributed by atoms with Crippen molar-refractivity contribution in [1.82, 2.24) is 9.97 Å². The summed E-state index contributed by atoms with van der Waals surface area (Å²) in [7, 11) is 4.34. The van der Waals surface area contributed by atoms with Crippen molar-refractivity contribution in [3.05, 3.63) is 33.0 Å². The number of hydrogen-bond acceptors (Lipinski definition) is 19. The van der Waals surface area contributed by atoms with Crippen molar-refractivity contribution < 1.29 is 53.3 Å². The summed E-state index contributed by atoms with van der Waals surface area (Å²) in [5, 5.41) is 34.3. The number of aromatic nitrogens is 2. The molecule has 41 atom stereocenters. The van der Waals surface area contributed by atoms with Gasteiger partial charge in [-0.2, -0.15) is 0 Å². The number of rotatable bonds is 20. The number of ether oxygens (including phenoxy) is 6. The Morgan fingerprint density at radius 3 is 1.01 bits per heavy atom. The van der Waals surface area contributed by atoms with Crippen LogP contribution in [0.4, 0.5) is 10.3 Å². The van der Waals surface area contributed by atoms with Gasteiger partial charge in [0, 0.05) is 40.0 Å². The molecule has 2 aromatic heterocycles. The van der Waals surface area contributed by atoms with E-state index in [-0.39, 0.29) is 102 Å². The first-order valence-electron chi connectivity index (χ1n) is 58.2. The van der Waals surface area contributed by atoms with E-state index < -0.39 is 29.6 Å². The Kier molecular flexibility index (Phi) is 34.9. The molecule has 19 aliphatic rings. The van der Waals surface area contributed by atoms with Crippen LogP contribution < -0.4 is 11.5 Å². The minimum absolute atomic E-state index is 0. The number of alkyl halides is 1. The predicted octanol–water partition coefficient (Wildman–Crippen LogP) is 29.9. The molecule has 0 spiro atoms. The van der Waals surface area contributed by atoms with Gasteiger partial charge in [0.15, 0.2) is 33.4 Å². The number of anilines is 2. The number of nitrogen functional groups attached to an aromatic ring is 2. The molecule has 3 aliphatic heterocycles. The molecule has 3 saturated heterocycles. The Labute approximate surface area is 892 Å². The summed E-state index contributed by atoms with van der Waals surface area (Å²) in [5.41, 5.74) is 17.1. The number of fused-ring (bicyclic) bond motifs is 31. The van der Waals surface area contributed by atoms with Gasteiger partial charge in [-0.1, -0.05) is 246 Å². The quantitative estimate of drug-likeness (QED) is 0.0238. The van der Waals surface area contributed by atoms with Crippen LogP contribution in [0.5, 0.6) is 0 Å². The zero-order chi connectivity index (χ0) is 102. The number of Topliss-reactive ketones (excluding diaryl/α,β-unsaturated/α-hetero) is 2. The number of allylic oxidation sites excluding steroid dienone is 1. The molecule has 1 radical (unpaired) electrons. The number of carbonyl (C=O) groups is 2. The van der Waals surface area contributed by atoms with Crippen LogP contribution >= 0.6 is 51.4 Å². The number of aliphatic hydroxyl groups is 3. The van der Waals surface area contributed by atoms with Crippen LogP contribution in [0, 0.1) is 209 Å². The van der Waals surface area contributed by atoms with Gasteiger partial charge >= 0.3 is 24.8 Å². The molecular weight excluding hydrogens is 1900 g/mol. The molecular formula is C122H204BBrN5O11S3. The normalized spacial score (nSPS) is 45.8. The molecule has 16 aliphatic carbocycles. The molecule has 5 heterocycles. The van der Waals surface area contributed by atoms with Gasteiger partial charge in [0.25, 0.3) is 0 Å². The number of halogens is 1. The zero-order valence-electron chi connectivity index (χ0n) is 92.7. The second-order valence-corrected chi connectivity index (χ2v) is 60.5. The average Bonchev–Trinajstić information content (AvgIpc) is 1.56. The summed E-state index contributed by atoms with van der Waals surface area (Å²) in [4.78, 5) is 37.8. The number of ketones is 2. The van der Waals surface area contributed by atoms with Crippen LogP contribution in [-0.4, -0.2) is 116 Å². The minimum atomic E-state index is -0.655. The summed E-state index contributed by atoms with van der Waals surface area (Å²) in [6.07, 6.45) is 44.4. The van der Waals surface area contributed by atoms with Gasteiger partial charge in [0.05, 0.1) is 71.3 Å². The monoisotopic (exact) mass is 2100 g/mol. The molecule has 14 saturated carbocycles. The number of thiol groups is 1. The molecule has 143 heavy (non-hydrogen) atoms. The van der Waals surface area contributed by atoms with E-state index >= 15 is 0 Å². The third-order valence-corrected chi connectivity index (χ3v) is 49.0. The van der Waals surface area contributed by atoms with Crippen LogP contribution in [0.3, 0.4) is 0 Å². The Hall–Kier alpha value is -1.89. The zero-order valence-corrected chi connectivity index (χ0v) is 96.8. The van der Waals surface area contributed by atoms with Crippen LogP contribution in [0.25, 0.3) is 0 Å². The Bertz CT molecular complexity index is 4730. The van der Waals surface area contributed by atoms with E-state index in [0.29, 0.717) is 123 Å². The van der Waals surface area contributed by atoms with Crippen molar-refractivity contribution in [2.45, 2.75) is 497 Å². The average molecular weight is 2100 g/mol. The first-order chi connectivity index (χ1) is 66.2. The summed E-state index contributed by atoms with van der Waals surface area (Å²) >= 11 is 10.3. The summed E-state index contributed by atoms with van der Waals surface area (Å²) in [6.45, 7) is 61.9. The molecule has 21 heteroatoms. The second-order valence-electron chi connectivity index (χ2n) is 56.9. The van der Waals surface area contributed by atoms with Gasteiger partial charge in [-0.25, -0.2) is 9.97 Å². The summed E-state index contributed by atoms with van der Waals surface area (Å²) in [6, 6.07) is 0. The topological polar surface area (TPSA) is 240 Å². The Morgan fingerprint density at radius 1 is 0.392 bits per heavy atom. The first-order valence-corrected chi connectivity index (χ1v) is 61.1. The fourth-order valence-electron chi connectivity index (χ4n) is 40.0. The third kappa shape index (κ3) is 20.8. The van der Waals surface area contributed by atoms with E-state index in [1.807, 2.05) is 0 Å². The molecule has 811 valence electrons. The second kappa shape index (κ2) is 43.3. The number of thiazole rings is 2. The number of nitrogens with zero attached hydrogens (tertiary/aromatic N) is 3. The van der Waals surface area contributed by atoms with Gasteiger partial charge in [-0.05, 0) is 380 Å². The fraction of sp³-hybridized carbons (Fsp3) is 0.918. The SMILES string of the molecule is C.C.CC(C)CCC[C@@H](C)[C@H]1CC[C@H]2[C@@H]3[C@@H](O)[C@H](O)[C@H]4Cc5nc(N)sc5C[C@]4(C)[C@H]3CC[C@]12C.CC(C)CCC[C@@H](C)[C@H]1CC[C@H]2[C@@H]3[C@H]4OC(C)(C)O[C@@H]4[C@H]4CC(=O)C(=CO)C[C@]4(C)[C@H]3CC[C@]12C.CC(C)CCC[C@@H](C)[C@H]1CC[C@H]2[C@@H]3[C@H]4OC(C)(C)O[C@@H]4[C@H]4CC(=O)C(Br)C[C@]4(C)[C@H]3CC[C@]12C.CC(C)CCC[C@@H](C)[C@H]1CC[C@H]2[C@@H]3[C@H]4OC(C)(C)O[C@@H]4[C@H]4Cc5nc(N)sc5C[C@]4(C)[C@H]3CC[C@]12C.[B]=NS. The summed E-state index contributed by atoms with van der Waals surface area (Å²) < 4.78 is 43.2. The van der Waals surface area contributed by atoms with Crippen LogP contribution in [0.15, 0.2) is 16.1 Å². The van der Waals surface area contributed by atoms with Crippen molar-refractivity contribution >= 4 is 80.9 Å². The number of aliphatic hydroxyl groups excluding tert-OH is 3. The van der Waals surface area contributed by atoms with Gasteiger partial charge in [0.2, 0.25) is 0 Å². The molecule has 2 aromatic rings. The first kappa shape index (κ1) is 115. The van der Waals surface area contributed by atoms with Crippen LogP contribution in [0.2, 0.25) is 0 Å². The summed E-state index contributed by atoms with van der Waals surface area (Å²) in [5.74, 6) is 16.3. The number of carbonyl (C=O) groups excluding carboxylic acids is 2. The van der Waals surface area contributed by atoms with E-state index in [1.54, 1.807) is 22.7 Å². The van der Waals surface area contributed by atoms with Gasteiger partial charge < -0.3 is 55.2 Å². The molecule has 16 nitrogen and oxygen atoms in total. The van der Waals surface area contributed by atoms with Crippen molar-refractivity contribution in [2.75, 3.05) is 11.5 Å². The molecule has 7 N–H and O–H groups in total. The molecule has 17 fully saturated rings. The maximum atomic E-state index is 12.9. The third-order valence-electron chi connectivity index (χ3n) is 46.3. The number of nitrogens with two attached hydrogens (primary N) is 2. The van der Waals surface area contributed by atoms with Gasteiger partial charge in [-0.15, -0.1) is 22.7 Å². The molecule has 0 aromatic carbocycles.